The average molecular weight is 366 g/mol. The van der Waals surface area contributed by atoms with Gasteiger partial charge in [-0.2, -0.15) is 0 Å². The number of nitrogens with zero attached hydrogens (tertiary/aromatic N) is 4. The lowest BCUT2D eigenvalue weighted by Gasteiger charge is -2.04. The summed E-state index contributed by atoms with van der Waals surface area (Å²) in [5.74, 6) is 0.301. The third-order valence-corrected chi connectivity index (χ3v) is 4.03. The minimum atomic E-state index is -0.371. The van der Waals surface area contributed by atoms with Crippen molar-refractivity contribution in [3.8, 4) is 22.6 Å². The van der Waals surface area contributed by atoms with Gasteiger partial charge < -0.3 is 9.15 Å². The molecule has 136 valence electrons. The molecule has 0 amide bonds. The smallest absolute Gasteiger partial charge is 0.313 e. The maximum atomic E-state index is 13.2. The second-order valence-corrected chi connectivity index (χ2v) is 5.78. The van der Waals surface area contributed by atoms with Crippen molar-refractivity contribution in [1.82, 2.24) is 19.6 Å². The van der Waals surface area contributed by atoms with E-state index in [1.807, 2.05) is 6.07 Å². The second-order valence-electron chi connectivity index (χ2n) is 5.78. The molecule has 1 aromatic carbocycles. The van der Waals surface area contributed by atoms with Crippen LogP contribution in [0.25, 0.3) is 28.2 Å². The van der Waals surface area contributed by atoms with Crippen molar-refractivity contribution >= 4 is 11.6 Å². The number of ether oxygens (including phenoxy) is 1. The standard InChI is InChI=1S/C19H15FN4O3/c1-2-26-17(25)9-16-23-22-15-8-5-13(10-24(15)16)19-18(21-11-27-19)12-3-6-14(20)7-4-12/h3-8,10-11H,2,9H2,1H3. The summed E-state index contributed by atoms with van der Waals surface area (Å²) < 4.78 is 25.5. The lowest BCUT2D eigenvalue weighted by Crippen LogP contribution is -2.10. The Labute approximate surface area is 153 Å². The highest BCUT2D eigenvalue weighted by Gasteiger charge is 2.16. The zero-order valence-corrected chi connectivity index (χ0v) is 14.4. The molecule has 4 aromatic rings. The summed E-state index contributed by atoms with van der Waals surface area (Å²) in [6, 6.07) is 9.61. The molecule has 8 heteroatoms. The summed E-state index contributed by atoms with van der Waals surface area (Å²) in [6.45, 7) is 2.05. The quantitative estimate of drug-likeness (QED) is 0.504. The van der Waals surface area contributed by atoms with E-state index in [2.05, 4.69) is 15.2 Å². The number of halogens is 1. The van der Waals surface area contributed by atoms with Gasteiger partial charge in [-0.1, -0.05) is 0 Å². The molecule has 0 fully saturated rings. The lowest BCUT2D eigenvalue weighted by atomic mass is 10.1. The summed E-state index contributed by atoms with van der Waals surface area (Å²) >= 11 is 0. The first kappa shape index (κ1) is 16.9. The molecule has 4 rings (SSSR count). The van der Waals surface area contributed by atoms with Crippen molar-refractivity contribution in [2.75, 3.05) is 6.61 Å². The summed E-state index contributed by atoms with van der Waals surface area (Å²) in [5.41, 5.74) is 2.65. The topological polar surface area (TPSA) is 82.5 Å². The molecule has 3 aromatic heterocycles. The van der Waals surface area contributed by atoms with Crippen molar-refractivity contribution < 1.29 is 18.3 Å². The van der Waals surface area contributed by atoms with Crippen molar-refractivity contribution in [2.24, 2.45) is 0 Å². The van der Waals surface area contributed by atoms with Crippen LogP contribution in [0.1, 0.15) is 12.7 Å². The number of esters is 1. The predicted molar refractivity (Wildman–Crippen MR) is 94.2 cm³/mol. The molecule has 3 heterocycles. The van der Waals surface area contributed by atoms with Gasteiger partial charge in [-0.15, -0.1) is 10.2 Å². The van der Waals surface area contributed by atoms with Gasteiger partial charge in [0.1, 0.15) is 23.8 Å². The van der Waals surface area contributed by atoms with Crippen LogP contribution in [0.2, 0.25) is 0 Å². The molecule has 0 bridgehead atoms. The largest absolute Gasteiger partial charge is 0.466 e. The molecule has 0 aliphatic carbocycles. The Hall–Kier alpha value is -3.55. The highest BCUT2D eigenvalue weighted by Crippen LogP contribution is 2.31. The third kappa shape index (κ3) is 3.29. The van der Waals surface area contributed by atoms with Crippen LogP contribution in [0.4, 0.5) is 4.39 Å². The highest BCUT2D eigenvalue weighted by atomic mass is 19.1. The number of oxazole rings is 1. The van der Waals surface area contributed by atoms with Gasteiger partial charge in [0.2, 0.25) is 0 Å². The molecule has 7 nitrogen and oxygen atoms in total. The first-order valence-electron chi connectivity index (χ1n) is 8.35. The monoisotopic (exact) mass is 366 g/mol. The average Bonchev–Trinajstić information content (AvgIpc) is 3.30. The van der Waals surface area contributed by atoms with E-state index in [4.69, 9.17) is 9.15 Å². The number of pyridine rings is 1. The number of hydrogen-bond acceptors (Lipinski definition) is 6. The maximum Gasteiger partial charge on any atom is 0.313 e. The molecule has 0 saturated heterocycles. The summed E-state index contributed by atoms with van der Waals surface area (Å²) in [5, 5.41) is 8.12. The fourth-order valence-corrected chi connectivity index (χ4v) is 2.80. The van der Waals surface area contributed by atoms with Gasteiger partial charge in [-0.3, -0.25) is 9.20 Å². The van der Waals surface area contributed by atoms with E-state index < -0.39 is 0 Å². The number of carbonyl (C=O) groups excluding carboxylic acids is 1. The van der Waals surface area contributed by atoms with Gasteiger partial charge in [0.25, 0.3) is 0 Å². The number of benzene rings is 1. The summed E-state index contributed by atoms with van der Waals surface area (Å²) in [7, 11) is 0. The summed E-state index contributed by atoms with van der Waals surface area (Å²) in [4.78, 5) is 16.0. The molecule has 0 aliphatic heterocycles. The van der Waals surface area contributed by atoms with Crippen LogP contribution in [0.15, 0.2) is 53.4 Å². The van der Waals surface area contributed by atoms with E-state index in [9.17, 15) is 9.18 Å². The first-order valence-corrected chi connectivity index (χ1v) is 8.35. The van der Waals surface area contributed by atoms with Crippen LogP contribution in [0.5, 0.6) is 0 Å². The molecule has 0 atom stereocenters. The number of hydrogen-bond donors (Lipinski definition) is 0. The van der Waals surface area contributed by atoms with E-state index >= 15 is 0 Å². The molecule has 27 heavy (non-hydrogen) atoms. The lowest BCUT2D eigenvalue weighted by molar-refractivity contribution is -0.142. The van der Waals surface area contributed by atoms with Crippen LogP contribution in [0, 0.1) is 5.82 Å². The van der Waals surface area contributed by atoms with Crippen molar-refractivity contribution in [3.63, 3.8) is 0 Å². The van der Waals surface area contributed by atoms with Gasteiger partial charge in [-0.05, 0) is 43.3 Å². The SMILES string of the molecule is CCOC(=O)Cc1nnc2ccc(-c3ocnc3-c3ccc(F)cc3)cn12. The Bertz CT molecular complexity index is 1100. The van der Waals surface area contributed by atoms with Gasteiger partial charge in [0.05, 0.1) is 6.61 Å². The van der Waals surface area contributed by atoms with Crippen molar-refractivity contribution in [1.29, 1.82) is 0 Å². The van der Waals surface area contributed by atoms with Gasteiger partial charge in [0.15, 0.2) is 17.8 Å². The fraction of sp³-hybridized carbons (Fsp3) is 0.158. The van der Waals surface area contributed by atoms with E-state index in [0.29, 0.717) is 29.5 Å². The third-order valence-electron chi connectivity index (χ3n) is 4.03. The van der Waals surface area contributed by atoms with Crippen LogP contribution >= 0.6 is 0 Å². The Morgan fingerprint density at radius 3 is 2.70 bits per heavy atom. The zero-order chi connectivity index (χ0) is 18.8. The van der Waals surface area contributed by atoms with Crippen LogP contribution in [0.3, 0.4) is 0 Å². The molecule has 0 radical (unpaired) electrons. The molecule has 0 saturated carbocycles. The molecule has 0 aliphatic rings. The normalized spacial score (nSPS) is 11.0. The molecular weight excluding hydrogens is 351 g/mol. The van der Waals surface area contributed by atoms with Gasteiger partial charge in [-0.25, -0.2) is 9.37 Å². The Morgan fingerprint density at radius 2 is 1.93 bits per heavy atom. The number of carbonyl (C=O) groups is 1. The van der Waals surface area contributed by atoms with E-state index in [1.54, 1.807) is 35.7 Å². The Kier molecular flexibility index (Phi) is 4.37. The minimum Gasteiger partial charge on any atom is -0.466 e. The van der Waals surface area contributed by atoms with Crippen molar-refractivity contribution in [3.05, 3.63) is 60.6 Å². The van der Waals surface area contributed by atoms with E-state index in [0.717, 1.165) is 11.1 Å². The zero-order valence-electron chi connectivity index (χ0n) is 14.4. The summed E-state index contributed by atoms with van der Waals surface area (Å²) in [6.07, 6.45) is 3.13. The van der Waals surface area contributed by atoms with Crippen LogP contribution < -0.4 is 0 Å². The van der Waals surface area contributed by atoms with Gasteiger partial charge in [0, 0.05) is 17.3 Å². The van der Waals surface area contributed by atoms with Crippen LogP contribution in [-0.4, -0.2) is 32.2 Å². The predicted octanol–water partition coefficient (Wildman–Crippen LogP) is 3.30. The van der Waals surface area contributed by atoms with Gasteiger partial charge >= 0.3 is 5.97 Å². The van der Waals surface area contributed by atoms with E-state index in [-0.39, 0.29) is 18.2 Å². The Balaban J connectivity index is 1.74. The maximum absolute atomic E-state index is 13.2. The van der Waals surface area contributed by atoms with Crippen molar-refractivity contribution in [2.45, 2.75) is 13.3 Å². The second kappa shape index (κ2) is 6.99. The number of rotatable bonds is 5. The molecule has 0 N–H and O–H groups in total. The Morgan fingerprint density at radius 1 is 1.15 bits per heavy atom. The highest BCUT2D eigenvalue weighted by molar-refractivity contribution is 5.77. The minimum absolute atomic E-state index is 0.0136. The van der Waals surface area contributed by atoms with Crippen LogP contribution in [-0.2, 0) is 16.0 Å². The molecular formula is C19H15FN4O3. The number of aromatic nitrogens is 4. The molecule has 0 spiro atoms. The first-order chi connectivity index (χ1) is 13.2. The van der Waals surface area contributed by atoms with E-state index in [1.165, 1.54) is 18.5 Å². The number of fused-ring (bicyclic) bond motifs is 1. The fourth-order valence-electron chi connectivity index (χ4n) is 2.80. The molecule has 0 unspecified atom stereocenters.